The average Bonchev–Trinajstić information content (AvgIpc) is 2.73. The molecule has 20 heavy (non-hydrogen) atoms. The molecule has 4 nitrogen and oxygen atoms in total. The maximum absolute atomic E-state index is 11.7. The van der Waals surface area contributed by atoms with Gasteiger partial charge in [-0.2, -0.15) is 0 Å². The first-order valence-corrected chi connectivity index (χ1v) is 9.55. The molecule has 0 radical (unpaired) electrons. The van der Waals surface area contributed by atoms with E-state index in [0.717, 1.165) is 23.5 Å². The topological polar surface area (TPSA) is 64.1 Å². The number of ketones is 1. The van der Waals surface area contributed by atoms with Crippen molar-refractivity contribution in [2.24, 2.45) is 0 Å². The smallest absolute Gasteiger partial charge is 0.152 e. The van der Waals surface area contributed by atoms with Crippen molar-refractivity contribution in [1.29, 1.82) is 0 Å². The fourth-order valence-electron chi connectivity index (χ4n) is 1.78. The molecule has 0 saturated carbocycles. The van der Waals surface area contributed by atoms with Gasteiger partial charge in [-0.3, -0.25) is 4.79 Å². The molecule has 0 amide bonds. The first-order chi connectivity index (χ1) is 9.31. The summed E-state index contributed by atoms with van der Waals surface area (Å²) in [4.78, 5) is 16.0. The zero-order valence-electron chi connectivity index (χ0n) is 12.4. The van der Waals surface area contributed by atoms with Crippen molar-refractivity contribution in [3.05, 3.63) is 16.1 Å². The third-order valence-electron chi connectivity index (χ3n) is 3.12. The first kappa shape index (κ1) is 17.3. The predicted molar refractivity (Wildman–Crippen MR) is 83.0 cm³/mol. The number of sulfone groups is 1. The molecule has 0 bridgehead atoms. The van der Waals surface area contributed by atoms with Gasteiger partial charge in [-0.15, -0.1) is 11.3 Å². The lowest BCUT2D eigenvalue weighted by Gasteiger charge is -2.06. The maximum Gasteiger partial charge on any atom is 0.152 e. The van der Waals surface area contributed by atoms with E-state index in [2.05, 4.69) is 4.98 Å². The molecule has 0 unspecified atom stereocenters. The van der Waals surface area contributed by atoms with Gasteiger partial charge < -0.3 is 0 Å². The number of hydrogen-bond acceptors (Lipinski definition) is 5. The Kier molecular flexibility index (Phi) is 6.82. The summed E-state index contributed by atoms with van der Waals surface area (Å²) in [7, 11) is -2.94. The number of thiazole rings is 1. The molecule has 1 rings (SSSR count). The van der Waals surface area contributed by atoms with Crippen LogP contribution in [0.5, 0.6) is 0 Å². The second kappa shape index (κ2) is 7.88. The van der Waals surface area contributed by atoms with Crippen LogP contribution in [0.1, 0.15) is 50.2 Å². The molecule has 1 aromatic heterocycles. The number of carbonyl (C=O) groups excluding carboxylic acids is 1. The number of carbonyl (C=O) groups is 1. The van der Waals surface area contributed by atoms with Crippen LogP contribution in [0.15, 0.2) is 5.38 Å². The van der Waals surface area contributed by atoms with Gasteiger partial charge in [0, 0.05) is 17.5 Å². The molecule has 0 N–H and O–H groups in total. The van der Waals surface area contributed by atoms with Gasteiger partial charge in [-0.1, -0.05) is 6.42 Å². The molecule has 0 aliphatic heterocycles. The summed E-state index contributed by atoms with van der Waals surface area (Å²) >= 11 is 1.52. The van der Waals surface area contributed by atoms with Crippen LogP contribution >= 0.6 is 11.3 Å². The van der Waals surface area contributed by atoms with Gasteiger partial charge in [0.25, 0.3) is 0 Å². The van der Waals surface area contributed by atoms with Crippen molar-refractivity contribution in [3.63, 3.8) is 0 Å². The van der Waals surface area contributed by atoms with Crippen molar-refractivity contribution in [2.75, 3.05) is 5.75 Å². The second-order valence-corrected chi connectivity index (χ2v) is 8.94. The highest BCUT2D eigenvalue weighted by molar-refractivity contribution is 7.91. The molecule has 6 heteroatoms. The number of rotatable bonds is 9. The van der Waals surface area contributed by atoms with E-state index in [-0.39, 0.29) is 16.8 Å². The van der Waals surface area contributed by atoms with Gasteiger partial charge in [0.05, 0.1) is 17.4 Å². The molecule has 1 heterocycles. The predicted octanol–water partition coefficient (Wildman–Crippen LogP) is 2.95. The van der Waals surface area contributed by atoms with E-state index in [4.69, 9.17) is 0 Å². The summed E-state index contributed by atoms with van der Waals surface area (Å²) in [6.45, 7) is 5.32. The zero-order chi connectivity index (χ0) is 15.2. The summed E-state index contributed by atoms with van der Waals surface area (Å²) < 4.78 is 23.2. The maximum atomic E-state index is 11.7. The number of unbranched alkanes of at least 4 members (excludes halogenated alkanes) is 2. The van der Waals surface area contributed by atoms with Crippen LogP contribution in [0, 0.1) is 6.92 Å². The highest BCUT2D eigenvalue weighted by Crippen LogP contribution is 2.12. The molecule has 0 atom stereocenters. The Morgan fingerprint density at radius 1 is 1.30 bits per heavy atom. The Bertz CT molecular complexity index is 532. The Balaban J connectivity index is 2.17. The molecule has 0 aromatic carbocycles. The minimum Gasteiger partial charge on any atom is -0.299 e. The average molecular weight is 317 g/mol. The van der Waals surface area contributed by atoms with Crippen LogP contribution in [-0.4, -0.2) is 30.2 Å². The van der Waals surface area contributed by atoms with Crippen LogP contribution in [-0.2, 0) is 21.1 Å². The molecular formula is C14H23NO3S2. The largest absolute Gasteiger partial charge is 0.299 e. The molecule has 0 fully saturated rings. The van der Waals surface area contributed by atoms with Gasteiger partial charge >= 0.3 is 0 Å². The van der Waals surface area contributed by atoms with E-state index < -0.39 is 9.84 Å². The zero-order valence-corrected chi connectivity index (χ0v) is 14.0. The minimum absolute atomic E-state index is 0.186. The molecule has 0 spiro atoms. The van der Waals surface area contributed by atoms with E-state index in [1.807, 2.05) is 12.3 Å². The summed E-state index contributed by atoms with van der Waals surface area (Å²) in [5.74, 6) is 0.413. The number of nitrogens with zero attached hydrogens (tertiary/aromatic N) is 1. The van der Waals surface area contributed by atoms with Crippen molar-refractivity contribution in [2.45, 2.75) is 58.1 Å². The minimum atomic E-state index is -2.94. The molecule has 0 saturated heterocycles. The SMILES string of the molecule is Cc1csc(CC(=O)CCCCCS(=O)(=O)C(C)C)n1. The van der Waals surface area contributed by atoms with Crippen molar-refractivity contribution >= 4 is 27.0 Å². The Hall–Kier alpha value is -0.750. The summed E-state index contributed by atoms with van der Waals surface area (Å²) in [5, 5.41) is 2.51. The van der Waals surface area contributed by atoms with E-state index in [9.17, 15) is 13.2 Å². The lowest BCUT2D eigenvalue weighted by molar-refractivity contribution is -0.118. The Morgan fingerprint density at radius 2 is 2.00 bits per heavy atom. The lowest BCUT2D eigenvalue weighted by atomic mass is 10.1. The fourth-order valence-corrected chi connectivity index (χ4v) is 3.66. The third-order valence-corrected chi connectivity index (χ3v) is 6.38. The Morgan fingerprint density at radius 3 is 2.55 bits per heavy atom. The van der Waals surface area contributed by atoms with E-state index in [0.29, 0.717) is 19.3 Å². The normalized spacial score (nSPS) is 12.0. The third kappa shape index (κ3) is 6.13. The number of hydrogen-bond donors (Lipinski definition) is 0. The molecular weight excluding hydrogens is 294 g/mol. The van der Waals surface area contributed by atoms with Gasteiger partial charge in [0.1, 0.15) is 10.8 Å². The van der Waals surface area contributed by atoms with Crippen LogP contribution in [0.3, 0.4) is 0 Å². The highest BCUT2D eigenvalue weighted by atomic mass is 32.2. The molecule has 114 valence electrons. The Labute approximate surface area is 125 Å². The monoisotopic (exact) mass is 317 g/mol. The fraction of sp³-hybridized carbons (Fsp3) is 0.714. The van der Waals surface area contributed by atoms with E-state index in [1.54, 1.807) is 13.8 Å². The molecule has 1 aromatic rings. The van der Waals surface area contributed by atoms with E-state index >= 15 is 0 Å². The van der Waals surface area contributed by atoms with Crippen LogP contribution < -0.4 is 0 Å². The summed E-state index contributed by atoms with van der Waals surface area (Å²) in [5.41, 5.74) is 0.955. The van der Waals surface area contributed by atoms with Crippen molar-refractivity contribution < 1.29 is 13.2 Å². The molecule has 0 aliphatic rings. The summed E-state index contributed by atoms with van der Waals surface area (Å²) in [6.07, 6.45) is 3.11. The van der Waals surface area contributed by atoms with Gasteiger partial charge in [0.15, 0.2) is 9.84 Å². The van der Waals surface area contributed by atoms with Crippen molar-refractivity contribution in [1.82, 2.24) is 4.98 Å². The van der Waals surface area contributed by atoms with E-state index in [1.165, 1.54) is 11.3 Å². The summed E-state index contributed by atoms with van der Waals surface area (Å²) in [6, 6.07) is 0. The van der Waals surface area contributed by atoms with Gasteiger partial charge in [-0.05, 0) is 33.6 Å². The van der Waals surface area contributed by atoms with Crippen LogP contribution in [0.2, 0.25) is 0 Å². The van der Waals surface area contributed by atoms with Crippen LogP contribution in [0.25, 0.3) is 0 Å². The van der Waals surface area contributed by atoms with Gasteiger partial charge in [-0.25, -0.2) is 13.4 Å². The number of Topliss-reactive ketones (excluding diaryl/α,β-unsaturated/α-hetero) is 1. The first-order valence-electron chi connectivity index (χ1n) is 6.95. The number of aromatic nitrogens is 1. The number of aryl methyl sites for hydroxylation is 1. The molecule has 0 aliphatic carbocycles. The van der Waals surface area contributed by atoms with Crippen LogP contribution in [0.4, 0.5) is 0 Å². The van der Waals surface area contributed by atoms with Gasteiger partial charge in [0.2, 0.25) is 0 Å². The highest BCUT2D eigenvalue weighted by Gasteiger charge is 2.15. The standard InChI is InChI=1S/C14H23NO3S2/c1-11(2)20(17,18)8-6-4-5-7-13(16)9-14-15-12(3)10-19-14/h10-11H,4-9H2,1-3H3. The quantitative estimate of drug-likeness (QED) is 0.657. The second-order valence-electron chi connectivity index (χ2n) is 5.32. The van der Waals surface area contributed by atoms with Crippen molar-refractivity contribution in [3.8, 4) is 0 Å². The lowest BCUT2D eigenvalue weighted by Crippen LogP contribution is -2.17.